The van der Waals surface area contributed by atoms with Crippen molar-refractivity contribution in [1.82, 2.24) is 4.98 Å². The second kappa shape index (κ2) is 3.34. The van der Waals surface area contributed by atoms with Crippen molar-refractivity contribution >= 4 is 40.1 Å². The maximum atomic E-state index is 5.67. The van der Waals surface area contributed by atoms with Crippen LogP contribution in [0.3, 0.4) is 0 Å². The number of thiazole rings is 1. The Morgan fingerprint density at radius 1 is 1.82 bits per heavy atom. The minimum Gasteiger partial charge on any atom is -0.473 e. The number of nitrogens with zero attached hydrogens (tertiary/aromatic N) is 1. The van der Waals surface area contributed by atoms with Gasteiger partial charge in [-0.15, -0.1) is 0 Å². The number of ether oxygens (including phenoxy) is 1. The summed E-state index contributed by atoms with van der Waals surface area (Å²) in [5.41, 5.74) is 5.34. The monoisotopic (exact) mass is 208 g/mol. The lowest BCUT2D eigenvalue weighted by atomic mass is 10.6. The highest BCUT2D eigenvalue weighted by atomic mass is 35.5. The molecule has 0 saturated carbocycles. The van der Waals surface area contributed by atoms with Crippen molar-refractivity contribution in [1.29, 1.82) is 0 Å². The highest BCUT2D eigenvalue weighted by Crippen LogP contribution is 2.27. The van der Waals surface area contributed by atoms with E-state index in [1.165, 1.54) is 18.4 Å². The summed E-state index contributed by atoms with van der Waals surface area (Å²) in [5.74, 6) is 0. The van der Waals surface area contributed by atoms with Crippen LogP contribution in [0.4, 0.5) is 0 Å². The molecule has 11 heavy (non-hydrogen) atoms. The third-order valence-corrected chi connectivity index (χ3v) is 2.73. The Morgan fingerprint density at radius 3 is 2.73 bits per heavy atom. The van der Waals surface area contributed by atoms with E-state index in [0.717, 1.165) is 0 Å². The fourth-order valence-corrected chi connectivity index (χ4v) is 1.77. The van der Waals surface area contributed by atoms with E-state index in [1.807, 2.05) is 0 Å². The topological polar surface area (TPSA) is 48.1 Å². The van der Waals surface area contributed by atoms with Crippen LogP contribution >= 0.6 is 35.2 Å². The first-order valence-corrected chi connectivity index (χ1v) is 4.25. The molecule has 0 unspecified atom stereocenters. The van der Waals surface area contributed by atoms with Crippen molar-refractivity contribution in [2.45, 2.75) is 0 Å². The smallest absolute Gasteiger partial charge is 0.275 e. The number of nitrogens with two attached hydrogens (primary N) is 1. The van der Waals surface area contributed by atoms with E-state index in [0.29, 0.717) is 15.2 Å². The molecular weight excluding hydrogens is 204 g/mol. The molecule has 1 aromatic heterocycles. The van der Waals surface area contributed by atoms with E-state index in [4.69, 9.17) is 34.3 Å². The highest BCUT2D eigenvalue weighted by molar-refractivity contribution is 7.81. The summed E-state index contributed by atoms with van der Waals surface area (Å²) < 4.78 is 4.83. The number of hydrogen-bond acceptors (Lipinski definition) is 4. The first-order chi connectivity index (χ1) is 5.15. The molecule has 0 atom stereocenters. The summed E-state index contributed by atoms with van der Waals surface area (Å²) in [6.07, 6.45) is 0. The maximum Gasteiger partial charge on any atom is 0.275 e. The molecule has 0 aliphatic carbocycles. The molecule has 0 spiro atoms. The number of aromatic nitrogens is 1. The molecule has 1 heterocycles. The summed E-state index contributed by atoms with van der Waals surface area (Å²) in [4.78, 5) is 4.69. The number of halogens is 1. The van der Waals surface area contributed by atoms with E-state index in [1.54, 1.807) is 0 Å². The van der Waals surface area contributed by atoms with Gasteiger partial charge in [0.05, 0.1) is 7.11 Å². The van der Waals surface area contributed by atoms with Gasteiger partial charge in [0.2, 0.25) is 0 Å². The van der Waals surface area contributed by atoms with Gasteiger partial charge in [0.25, 0.3) is 5.19 Å². The van der Waals surface area contributed by atoms with Crippen LogP contribution in [0.1, 0.15) is 4.88 Å². The largest absolute Gasteiger partial charge is 0.473 e. The number of thiocarbonyl (C=S) groups is 1. The quantitative estimate of drug-likeness (QED) is 0.748. The van der Waals surface area contributed by atoms with Crippen LogP contribution in [0, 0.1) is 0 Å². The van der Waals surface area contributed by atoms with Gasteiger partial charge >= 0.3 is 0 Å². The van der Waals surface area contributed by atoms with Crippen molar-refractivity contribution in [3.8, 4) is 5.19 Å². The average molecular weight is 209 g/mol. The maximum absolute atomic E-state index is 5.67. The van der Waals surface area contributed by atoms with Crippen molar-refractivity contribution in [3.63, 3.8) is 0 Å². The molecule has 0 amide bonds. The van der Waals surface area contributed by atoms with E-state index >= 15 is 0 Å². The lowest BCUT2D eigenvalue weighted by Crippen LogP contribution is -2.07. The molecule has 0 aromatic carbocycles. The zero-order valence-corrected chi connectivity index (χ0v) is 8.02. The van der Waals surface area contributed by atoms with Gasteiger partial charge in [-0.3, -0.25) is 0 Å². The average Bonchev–Trinajstić information content (AvgIpc) is 2.30. The Bertz CT molecular complexity index is 286. The van der Waals surface area contributed by atoms with Gasteiger partial charge < -0.3 is 10.5 Å². The lowest BCUT2D eigenvalue weighted by Gasteiger charge is -1.88. The molecule has 0 aliphatic rings. The number of methoxy groups -OCH3 is 1. The molecule has 1 rings (SSSR count). The minimum atomic E-state index is 0.246. The highest BCUT2D eigenvalue weighted by Gasteiger charge is 2.10. The van der Waals surface area contributed by atoms with E-state index in [-0.39, 0.29) is 4.99 Å². The standard InChI is InChI=1S/C5H5ClN2OS2/c1-9-5-8-3(6)2(11-5)4(7)10/h1H3,(H2,7,10). The zero-order chi connectivity index (χ0) is 8.43. The summed E-state index contributed by atoms with van der Waals surface area (Å²) >= 11 is 11.6. The van der Waals surface area contributed by atoms with E-state index in [2.05, 4.69) is 4.98 Å². The molecule has 0 saturated heterocycles. The molecule has 1 aromatic rings. The Labute approximate surface area is 78.1 Å². The van der Waals surface area contributed by atoms with Gasteiger partial charge in [0.1, 0.15) is 9.87 Å². The van der Waals surface area contributed by atoms with Crippen LogP contribution in [-0.4, -0.2) is 17.1 Å². The summed E-state index contributed by atoms with van der Waals surface area (Å²) in [6.45, 7) is 0. The third kappa shape index (κ3) is 1.79. The molecule has 6 heteroatoms. The molecule has 60 valence electrons. The Kier molecular flexibility index (Phi) is 2.64. The van der Waals surface area contributed by atoms with Crippen molar-refractivity contribution in [3.05, 3.63) is 10.0 Å². The fraction of sp³-hybridized carbons (Fsp3) is 0.200. The Morgan fingerprint density at radius 2 is 2.45 bits per heavy atom. The van der Waals surface area contributed by atoms with Gasteiger partial charge in [0.15, 0.2) is 5.15 Å². The summed E-state index contributed by atoms with van der Waals surface area (Å²) in [7, 11) is 1.51. The Hall–Kier alpha value is -0.390. The molecule has 0 aliphatic heterocycles. The van der Waals surface area contributed by atoms with Crippen LogP contribution in [0.25, 0.3) is 0 Å². The third-order valence-electron chi connectivity index (χ3n) is 0.965. The van der Waals surface area contributed by atoms with Gasteiger partial charge in [-0.1, -0.05) is 35.2 Å². The summed E-state index contributed by atoms with van der Waals surface area (Å²) in [6, 6.07) is 0. The van der Waals surface area contributed by atoms with E-state index < -0.39 is 0 Å². The second-order valence-corrected chi connectivity index (χ2v) is 3.43. The SMILES string of the molecule is COc1nc(Cl)c(C(N)=S)s1. The van der Waals surface area contributed by atoms with E-state index in [9.17, 15) is 0 Å². The van der Waals surface area contributed by atoms with Gasteiger partial charge in [-0.25, -0.2) is 0 Å². The van der Waals surface area contributed by atoms with Crippen LogP contribution in [-0.2, 0) is 0 Å². The van der Waals surface area contributed by atoms with Crippen LogP contribution in [0.2, 0.25) is 5.15 Å². The predicted octanol–water partition coefficient (Wildman–Crippen LogP) is 1.44. The van der Waals surface area contributed by atoms with Gasteiger partial charge in [-0.05, 0) is 0 Å². The first-order valence-electron chi connectivity index (χ1n) is 2.65. The molecular formula is C5H5ClN2OS2. The Balaban J connectivity index is 3.07. The lowest BCUT2D eigenvalue weighted by molar-refractivity contribution is 0.412. The molecule has 3 nitrogen and oxygen atoms in total. The minimum absolute atomic E-state index is 0.246. The predicted molar refractivity (Wildman–Crippen MR) is 49.6 cm³/mol. The molecule has 0 bridgehead atoms. The van der Waals surface area contributed by atoms with Gasteiger partial charge in [0, 0.05) is 0 Å². The van der Waals surface area contributed by atoms with Gasteiger partial charge in [-0.2, -0.15) is 4.98 Å². The number of rotatable bonds is 2. The molecule has 2 N–H and O–H groups in total. The fourth-order valence-electron chi connectivity index (χ4n) is 0.522. The first kappa shape index (κ1) is 8.70. The molecule has 0 fully saturated rings. The van der Waals surface area contributed by atoms with Crippen LogP contribution < -0.4 is 10.5 Å². The number of hydrogen-bond donors (Lipinski definition) is 1. The normalized spacial score (nSPS) is 9.64. The summed E-state index contributed by atoms with van der Waals surface area (Å²) in [5, 5.41) is 0.775. The zero-order valence-electron chi connectivity index (χ0n) is 5.63. The van der Waals surface area contributed by atoms with Crippen molar-refractivity contribution < 1.29 is 4.74 Å². The molecule has 0 radical (unpaired) electrons. The van der Waals surface area contributed by atoms with Crippen LogP contribution in [0.15, 0.2) is 0 Å². The second-order valence-electron chi connectivity index (χ2n) is 1.67. The van der Waals surface area contributed by atoms with Crippen molar-refractivity contribution in [2.24, 2.45) is 5.73 Å². The van der Waals surface area contributed by atoms with Crippen LogP contribution in [0.5, 0.6) is 5.19 Å². The van der Waals surface area contributed by atoms with Crippen molar-refractivity contribution in [2.75, 3.05) is 7.11 Å².